The van der Waals surface area contributed by atoms with Crippen molar-refractivity contribution in [3.63, 3.8) is 0 Å². The van der Waals surface area contributed by atoms with Crippen molar-refractivity contribution in [1.29, 1.82) is 0 Å². The van der Waals surface area contributed by atoms with Crippen LogP contribution >= 0.6 is 11.6 Å². The minimum absolute atomic E-state index is 0.0711. The van der Waals surface area contributed by atoms with Crippen LogP contribution in [0.15, 0.2) is 43.0 Å². The summed E-state index contributed by atoms with van der Waals surface area (Å²) in [7, 11) is 0. The molecule has 2 aromatic heterocycles. The standard InChI is InChI=1S/C33H41ClF2N6O3/c1-21(22-7-10-41(11-8-22)31-37-15-24(34)16-38-31)9-12-44-26-17-39-32(40-18-26)42-19-23(13-30(43)45-33(2,3)4)28(20-42)27-14-25(35)5-6-29(27)36/h5-6,14-18,21-23,28H,7-13,19-20H2,1-4H3/t21-,23+,28+/m1/s1. The summed E-state index contributed by atoms with van der Waals surface area (Å²) >= 11 is 5.92. The van der Waals surface area contributed by atoms with Crippen LogP contribution in [0.5, 0.6) is 5.75 Å². The van der Waals surface area contributed by atoms with Crippen LogP contribution in [0.1, 0.15) is 64.9 Å². The molecule has 4 heterocycles. The first kappa shape index (κ1) is 32.8. The molecule has 0 aliphatic carbocycles. The van der Waals surface area contributed by atoms with Gasteiger partial charge in [-0.2, -0.15) is 0 Å². The number of halogens is 3. The van der Waals surface area contributed by atoms with E-state index < -0.39 is 23.2 Å². The Hall–Kier alpha value is -3.60. The number of anilines is 2. The number of carbonyl (C=O) groups excluding carboxylic acids is 1. The number of aromatic nitrogens is 4. The second-order valence-electron chi connectivity index (χ2n) is 13.1. The van der Waals surface area contributed by atoms with Crippen LogP contribution in [0, 0.1) is 29.4 Å². The predicted molar refractivity (Wildman–Crippen MR) is 169 cm³/mol. The first-order valence-corrected chi connectivity index (χ1v) is 15.9. The number of rotatable bonds is 10. The van der Waals surface area contributed by atoms with Gasteiger partial charge in [0.2, 0.25) is 11.9 Å². The summed E-state index contributed by atoms with van der Waals surface area (Å²) in [5, 5.41) is 0.536. The van der Waals surface area contributed by atoms with Gasteiger partial charge in [-0.05, 0) is 81.5 Å². The number of benzene rings is 1. The molecule has 0 saturated carbocycles. The van der Waals surface area contributed by atoms with Gasteiger partial charge in [-0.15, -0.1) is 0 Å². The van der Waals surface area contributed by atoms with Gasteiger partial charge >= 0.3 is 5.97 Å². The van der Waals surface area contributed by atoms with Crippen molar-refractivity contribution >= 4 is 29.5 Å². The maximum Gasteiger partial charge on any atom is 0.306 e. The minimum Gasteiger partial charge on any atom is -0.490 e. The second kappa shape index (κ2) is 14.2. The minimum atomic E-state index is -0.642. The number of hydrogen-bond acceptors (Lipinski definition) is 9. The third-order valence-corrected chi connectivity index (χ3v) is 8.82. The summed E-state index contributed by atoms with van der Waals surface area (Å²) in [4.78, 5) is 34.5. The van der Waals surface area contributed by atoms with Gasteiger partial charge in [0.05, 0.1) is 42.8 Å². The maximum absolute atomic E-state index is 14.8. The van der Waals surface area contributed by atoms with Gasteiger partial charge in [0.25, 0.3) is 0 Å². The van der Waals surface area contributed by atoms with Crippen molar-refractivity contribution in [2.45, 2.75) is 64.9 Å². The Labute approximate surface area is 268 Å². The molecule has 2 aliphatic rings. The van der Waals surface area contributed by atoms with E-state index in [9.17, 15) is 13.6 Å². The molecule has 9 nitrogen and oxygen atoms in total. The molecule has 2 saturated heterocycles. The smallest absolute Gasteiger partial charge is 0.306 e. The highest BCUT2D eigenvalue weighted by Gasteiger charge is 2.38. The fourth-order valence-corrected chi connectivity index (χ4v) is 6.37. The van der Waals surface area contributed by atoms with E-state index in [-0.39, 0.29) is 23.9 Å². The molecule has 45 heavy (non-hydrogen) atoms. The van der Waals surface area contributed by atoms with Crippen molar-refractivity contribution in [2.75, 3.05) is 42.6 Å². The molecule has 0 N–H and O–H groups in total. The lowest BCUT2D eigenvalue weighted by Gasteiger charge is -2.34. The van der Waals surface area contributed by atoms with Crippen LogP contribution < -0.4 is 14.5 Å². The first-order chi connectivity index (χ1) is 21.4. The highest BCUT2D eigenvalue weighted by atomic mass is 35.5. The average molecular weight is 643 g/mol. The molecule has 0 spiro atoms. The van der Waals surface area contributed by atoms with E-state index in [0.29, 0.717) is 48.3 Å². The second-order valence-corrected chi connectivity index (χ2v) is 13.5. The van der Waals surface area contributed by atoms with E-state index in [2.05, 4.69) is 31.8 Å². The number of esters is 1. The number of hydrogen-bond donors (Lipinski definition) is 0. The summed E-state index contributed by atoms with van der Waals surface area (Å²) in [6.07, 6.45) is 9.64. The largest absolute Gasteiger partial charge is 0.490 e. The van der Waals surface area contributed by atoms with Crippen LogP contribution in [0.4, 0.5) is 20.7 Å². The Morgan fingerprint density at radius 2 is 1.64 bits per heavy atom. The number of piperidine rings is 1. The molecule has 12 heteroatoms. The Morgan fingerprint density at radius 1 is 1.00 bits per heavy atom. The van der Waals surface area contributed by atoms with E-state index in [1.54, 1.807) is 45.6 Å². The lowest BCUT2D eigenvalue weighted by molar-refractivity contribution is -0.155. The summed E-state index contributed by atoms with van der Waals surface area (Å²) in [5.74, 6) is 0.683. The van der Waals surface area contributed by atoms with Gasteiger partial charge in [-0.25, -0.2) is 28.7 Å². The third-order valence-electron chi connectivity index (χ3n) is 8.62. The Balaban J connectivity index is 1.14. The Kier molecular flexibility index (Phi) is 10.4. The quantitative estimate of drug-likeness (QED) is 0.231. The number of carbonyl (C=O) groups is 1. The van der Waals surface area contributed by atoms with Crippen molar-refractivity contribution < 1.29 is 23.0 Å². The normalized spacial score (nSPS) is 19.9. The molecule has 3 atom stereocenters. The summed E-state index contributed by atoms with van der Waals surface area (Å²) in [6.45, 7) is 10.8. The highest BCUT2D eigenvalue weighted by Crippen LogP contribution is 2.38. The monoisotopic (exact) mass is 642 g/mol. The van der Waals surface area contributed by atoms with E-state index in [4.69, 9.17) is 21.1 Å². The van der Waals surface area contributed by atoms with Crippen LogP contribution in [0.25, 0.3) is 0 Å². The van der Waals surface area contributed by atoms with E-state index in [0.717, 1.165) is 50.4 Å². The molecule has 1 aromatic carbocycles. The SMILES string of the molecule is C[C@H](CCOc1cnc(N2C[C@H](CC(=O)OC(C)(C)C)[C@@H](c3cc(F)ccc3F)C2)nc1)C1CCN(c2ncc(Cl)cn2)CC1. The zero-order valence-corrected chi connectivity index (χ0v) is 27.0. The molecular formula is C33H41ClF2N6O3. The Morgan fingerprint density at radius 3 is 2.31 bits per heavy atom. The third kappa shape index (κ3) is 8.77. The fraction of sp³-hybridized carbons (Fsp3) is 0.545. The molecule has 2 fully saturated rings. The lowest BCUT2D eigenvalue weighted by atomic mass is 9.84. The van der Waals surface area contributed by atoms with Gasteiger partial charge in [0, 0.05) is 32.1 Å². The van der Waals surface area contributed by atoms with Crippen molar-refractivity contribution in [1.82, 2.24) is 19.9 Å². The molecule has 2 aliphatic heterocycles. The van der Waals surface area contributed by atoms with Crippen LogP contribution in [-0.2, 0) is 9.53 Å². The van der Waals surface area contributed by atoms with Crippen LogP contribution in [0.2, 0.25) is 5.02 Å². The predicted octanol–water partition coefficient (Wildman–Crippen LogP) is 6.47. The summed E-state index contributed by atoms with van der Waals surface area (Å²) in [6, 6.07) is 3.43. The fourth-order valence-electron chi connectivity index (χ4n) is 6.27. The molecular weight excluding hydrogens is 602 g/mol. The van der Waals surface area contributed by atoms with Crippen LogP contribution in [-0.4, -0.2) is 64.3 Å². The zero-order valence-electron chi connectivity index (χ0n) is 26.3. The lowest BCUT2D eigenvalue weighted by Crippen LogP contribution is -2.36. The van der Waals surface area contributed by atoms with Crippen molar-refractivity contribution in [3.8, 4) is 5.75 Å². The van der Waals surface area contributed by atoms with Gasteiger partial charge in [-0.3, -0.25) is 4.79 Å². The van der Waals surface area contributed by atoms with E-state index in [1.807, 2.05) is 4.90 Å². The zero-order chi connectivity index (χ0) is 32.1. The number of ether oxygens (including phenoxy) is 2. The molecule has 242 valence electrons. The van der Waals surface area contributed by atoms with Gasteiger partial charge in [0.1, 0.15) is 17.2 Å². The molecule has 0 amide bonds. The van der Waals surface area contributed by atoms with E-state index in [1.165, 1.54) is 6.07 Å². The van der Waals surface area contributed by atoms with Crippen LogP contribution in [0.3, 0.4) is 0 Å². The van der Waals surface area contributed by atoms with Gasteiger partial charge < -0.3 is 19.3 Å². The molecule has 0 bridgehead atoms. The topological polar surface area (TPSA) is 93.6 Å². The molecule has 0 unspecified atom stereocenters. The van der Waals surface area contributed by atoms with Gasteiger partial charge in [-0.1, -0.05) is 18.5 Å². The van der Waals surface area contributed by atoms with Crippen molar-refractivity contribution in [2.24, 2.45) is 17.8 Å². The van der Waals surface area contributed by atoms with E-state index >= 15 is 0 Å². The Bertz CT molecular complexity index is 1430. The maximum atomic E-state index is 14.8. The summed E-state index contributed by atoms with van der Waals surface area (Å²) < 4.78 is 40.4. The summed E-state index contributed by atoms with van der Waals surface area (Å²) in [5.41, 5.74) is -0.402. The number of nitrogens with zero attached hydrogens (tertiary/aromatic N) is 6. The molecule has 0 radical (unpaired) electrons. The highest BCUT2D eigenvalue weighted by molar-refractivity contribution is 6.30. The van der Waals surface area contributed by atoms with Crippen molar-refractivity contribution in [3.05, 3.63) is 65.2 Å². The van der Waals surface area contributed by atoms with Gasteiger partial charge in [0.15, 0.2) is 5.75 Å². The average Bonchev–Trinajstić information content (AvgIpc) is 3.41. The molecule has 3 aromatic rings. The first-order valence-electron chi connectivity index (χ1n) is 15.5. The molecule has 5 rings (SSSR count).